The van der Waals surface area contributed by atoms with E-state index in [0.29, 0.717) is 0 Å². The average molecular weight is 200 g/mol. The fourth-order valence-electron chi connectivity index (χ4n) is 0.305. The van der Waals surface area contributed by atoms with Gasteiger partial charge in [0.1, 0.15) is 0 Å². The Balaban J connectivity index is 4.43. The van der Waals surface area contributed by atoms with Crippen LogP contribution in [0.25, 0.3) is 0 Å². The molecule has 0 N–H and O–H groups in total. The highest BCUT2D eigenvalue weighted by atomic mass is 32.1. The summed E-state index contributed by atoms with van der Waals surface area (Å²) in [5, 5.41) is 0. The minimum absolute atomic E-state index is 2.46. The fourth-order valence-corrected chi connectivity index (χ4v) is 0.544. The van der Waals surface area contributed by atoms with E-state index in [1.54, 1.807) is 0 Å². The molecule has 0 aromatic rings. The average Bonchev–Trinajstić information content (AvgIpc) is 1.56. The number of thiol groups is 1. The summed E-state index contributed by atoms with van der Waals surface area (Å²) >= 11 is 2.46. The van der Waals surface area contributed by atoms with Crippen molar-refractivity contribution in [1.29, 1.82) is 0 Å². The van der Waals surface area contributed by atoms with Gasteiger partial charge >= 0.3 is 12.4 Å². The first kappa shape index (κ1) is 10.9. The Hall–Kier alpha value is -0.110. The molecule has 1 nitrogen and oxygen atoms in total. The third-order valence-corrected chi connectivity index (χ3v) is 0.911. The highest BCUT2D eigenvalue weighted by Gasteiger charge is 2.57. The third kappa shape index (κ3) is 3.19. The molecule has 0 unspecified atom stereocenters. The third-order valence-electron chi connectivity index (χ3n) is 0.700. The maximum atomic E-state index is 11.3. The van der Waals surface area contributed by atoms with E-state index in [0.717, 1.165) is 0 Å². The van der Waals surface area contributed by atoms with Crippen LogP contribution in [-0.4, -0.2) is 18.5 Å². The molecule has 0 saturated carbocycles. The Kier molecular flexibility index (Phi) is 3.06. The van der Waals surface area contributed by atoms with Gasteiger partial charge in [-0.2, -0.15) is 26.3 Å². The van der Waals surface area contributed by atoms with Crippen LogP contribution >= 0.6 is 12.9 Å². The van der Waals surface area contributed by atoms with Crippen molar-refractivity contribution < 1.29 is 30.5 Å². The molecule has 0 spiro atoms. The lowest BCUT2D eigenvalue weighted by Gasteiger charge is -2.19. The molecular formula is C3H2F6OS. The molecule has 68 valence electrons. The van der Waals surface area contributed by atoms with Crippen molar-refractivity contribution in [2.24, 2.45) is 0 Å². The van der Waals surface area contributed by atoms with E-state index in [1.807, 2.05) is 0 Å². The molecule has 11 heavy (non-hydrogen) atoms. The highest BCUT2D eigenvalue weighted by molar-refractivity contribution is 7.75. The first-order valence-electron chi connectivity index (χ1n) is 2.13. The molecule has 0 atom stereocenters. The quantitative estimate of drug-likeness (QED) is 0.388. The summed E-state index contributed by atoms with van der Waals surface area (Å²) < 4.78 is 70.9. The lowest BCUT2D eigenvalue weighted by Crippen LogP contribution is -2.42. The lowest BCUT2D eigenvalue weighted by atomic mass is 10.3. The van der Waals surface area contributed by atoms with Gasteiger partial charge in [-0.15, -0.1) is 0 Å². The van der Waals surface area contributed by atoms with Crippen molar-refractivity contribution in [3.8, 4) is 0 Å². The molecule has 0 radical (unpaired) electrons. The zero-order valence-electron chi connectivity index (χ0n) is 4.70. The first-order chi connectivity index (χ1) is 4.69. The minimum atomic E-state index is -5.47. The Morgan fingerprint density at radius 1 is 0.909 bits per heavy atom. The van der Waals surface area contributed by atoms with E-state index in [2.05, 4.69) is 17.1 Å². The second kappa shape index (κ2) is 3.10. The van der Waals surface area contributed by atoms with Crippen LogP contribution < -0.4 is 0 Å². The van der Waals surface area contributed by atoms with Crippen LogP contribution in [0, 0.1) is 0 Å². The molecule has 0 aromatic heterocycles. The van der Waals surface area contributed by atoms with Gasteiger partial charge in [-0.3, -0.25) is 4.18 Å². The van der Waals surface area contributed by atoms with Crippen molar-refractivity contribution in [1.82, 2.24) is 0 Å². The van der Waals surface area contributed by atoms with Gasteiger partial charge < -0.3 is 0 Å². The summed E-state index contributed by atoms with van der Waals surface area (Å²) in [6.45, 7) is 0. The normalized spacial score (nSPS) is 14.2. The van der Waals surface area contributed by atoms with E-state index in [-0.39, 0.29) is 0 Å². The standard InChI is InChI=1S/C3H2F6OS/c4-2(5,6)1(10-11)3(7,8)9/h1,11H. The van der Waals surface area contributed by atoms with E-state index >= 15 is 0 Å². The molecule has 8 heteroatoms. The summed E-state index contributed by atoms with van der Waals surface area (Å²) in [7, 11) is 0. The summed E-state index contributed by atoms with van der Waals surface area (Å²) in [6, 6.07) is 0. The first-order valence-corrected chi connectivity index (χ1v) is 2.49. The van der Waals surface area contributed by atoms with Gasteiger partial charge in [0.25, 0.3) is 6.10 Å². The molecule has 0 bridgehead atoms. The highest BCUT2D eigenvalue weighted by Crippen LogP contribution is 2.35. The van der Waals surface area contributed by atoms with Gasteiger partial charge in [0.2, 0.25) is 0 Å². The maximum Gasteiger partial charge on any atom is 0.424 e. The van der Waals surface area contributed by atoms with E-state index in [4.69, 9.17) is 0 Å². The predicted molar refractivity (Wildman–Crippen MR) is 26.0 cm³/mol. The van der Waals surface area contributed by atoms with Crippen LogP contribution in [-0.2, 0) is 4.18 Å². The summed E-state index contributed by atoms with van der Waals surface area (Å²) in [4.78, 5) is 0. The monoisotopic (exact) mass is 200 g/mol. The van der Waals surface area contributed by atoms with Gasteiger partial charge in [-0.05, 0) is 12.9 Å². The van der Waals surface area contributed by atoms with Crippen molar-refractivity contribution in [3.05, 3.63) is 0 Å². The van der Waals surface area contributed by atoms with Crippen LogP contribution in [0.15, 0.2) is 0 Å². The number of halogens is 6. The SMILES string of the molecule is FC(F)(F)C(OS)C(F)(F)F. The zero-order valence-corrected chi connectivity index (χ0v) is 5.60. The van der Waals surface area contributed by atoms with Crippen LogP contribution in [0.2, 0.25) is 0 Å². The molecule has 0 aromatic carbocycles. The van der Waals surface area contributed by atoms with E-state index in [9.17, 15) is 26.3 Å². The number of rotatable bonds is 1. The topological polar surface area (TPSA) is 9.23 Å². The van der Waals surface area contributed by atoms with Gasteiger partial charge in [-0.1, -0.05) is 0 Å². The predicted octanol–water partition coefficient (Wildman–Crippen LogP) is 2.34. The van der Waals surface area contributed by atoms with Gasteiger partial charge in [0.05, 0.1) is 0 Å². The van der Waals surface area contributed by atoms with Crippen LogP contribution in [0.5, 0.6) is 0 Å². The van der Waals surface area contributed by atoms with E-state index < -0.39 is 18.5 Å². The molecule has 0 rings (SSSR count). The zero-order chi connectivity index (χ0) is 9.28. The Labute approximate surface area is 62.9 Å². The number of alkyl halides is 6. The van der Waals surface area contributed by atoms with Crippen molar-refractivity contribution in [2.45, 2.75) is 18.5 Å². The fraction of sp³-hybridized carbons (Fsp3) is 1.00. The van der Waals surface area contributed by atoms with Gasteiger partial charge in [0.15, 0.2) is 0 Å². The second-order valence-electron chi connectivity index (χ2n) is 1.57. The van der Waals surface area contributed by atoms with Crippen molar-refractivity contribution in [3.63, 3.8) is 0 Å². The van der Waals surface area contributed by atoms with Gasteiger partial charge in [0, 0.05) is 0 Å². The van der Waals surface area contributed by atoms with Gasteiger partial charge in [-0.25, -0.2) is 0 Å². The molecular weight excluding hydrogens is 198 g/mol. The molecule has 0 aliphatic rings. The second-order valence-corrected chi connectivity index (χ2v) is 1.78. The van der Waals surface area contributed by atoms with E-state index in [1.165, 1.54) is 0 Å². The number of hydrogen-bond donors (Lipinski definition) is 1. The van der Waals surface area contributed by atoms with Crippen LogP contribution in [0.3, 0.4) is 0 Å². The summed E-state index contributed by atoms with van der Waals surface area (Å²) in [6.07, 6.45) is -14.8. The Morgan fingerprint density at radius 2 is 1.18 bits per heavy atom. The van der Waals surface area contributed by atoms with Crippen LogP contribution in [0.1, 0.15) is 0 Å². The largest absolute Gasteiger partial charge is 0.424 e. The van der Waals surface area contributed by atoms with Crippen molar-refractivity contribution in [2.75, 3.05) is 0 Å². The Morgan fingerprint density at radius 3 is 1.18 bits per heavy atom. The molecule has 0 aliphatic carbocycles. The molecule has 0 saturated heterocycles. The molecule has 0 fully saturated rings. The summed E-state index contributed by atoms with van der Waals surface area (Å²) in [5.74, 6) is 0. The Bertz CT molecular complexity index is 113. The smallest absolute Gasteiger partial charge is 0.296 e. The number of hydrogen-bond acceptors (Lipinski definition) is 2. The lowest BCUT2D eigenvalue weighted by molar-refractivity contribution is -0.296. The maximum absolute atomic E-state index is 11.3. The van der Waals surface area contributed by atoms with Crippen molar-refractivity contribution >= 4 is 12.9 Å². The molecule has 0 amide bonds. The molecule has 0 aliphatic heterocycles. The molecule has 0 heterocycles. The minimum Gasteiger partial charge on any atom is -0.296 e. The summed E-state index contributed by atoms with van der Waals surface area (Å²) in [5.41, 5.74) is 0. The van der Waals surface area contributed by atoms with Crippen LogP contribution in [0.4, 0.5) is 26.3 Å².